The van der Waals surface area contributed by atoms with Crippen molar-refractivity contribution in [1.29, 1.82) is 0 Å². The molecule has 0 atom stereocenters. The topological polar surface area (TPSA) is 114 Å². The Morgan fingerprint density at radius 3 is 2.53 bits per heavy atom. The number of benzene rings is 2. The smallest absolute Gasteiger partial charge is 0.408 e. The summed E-state index contributed by atoms with van der Waals surface area (Å²) in [5.41, 5.74) is 3.41. The number of fused-ring (bicyclic) bond motifs is 1. The van der Waals surface area contributed by atoms with Gasteiger partial charge in [-0.1, -0.05) is 6.07 Å². The van der Waals surface area contributed by atoms with Gasteiger partial charge in [0.15, 0.2) is 5.58 Å². The van der Waals surface area contributed by atoms with E-state index in [-0.39, 0.29) is 23.8 Å². The van der Waals surface area contributed by atoms with Gasteiger partial charge in [0, 0.05) is 31.7 Å². The van der Waals surface area contributed by atoms with Crippen LogP contribution in [-0.4, -0.2) is 51.0 Å². The molecule has 0 spiro atoms. The van der Waals surface area contributed by atoms with E-state index in [0.717, 1.165) is 11.1 Å². The van der Waals surface area contributed by atoms with Crippen molar-refractivity contribution < 1.29 is 17.6 Å². The molecule has 3 rings (SSSR count). The number of aryl methyl sites for hydroxylation is 2. The van der Waals surface area contributed by atoms with Gasteiger partial charge in [-0.3, -0.25) is 9.36 Å². The molecule has 0 fully saturated rings. The monoisotopic (exact) mass is 460 g/mol. The molecule has 0 saturated carbocycles. The lowest BCUT2D eigenvalue weighted by molar-refractivity contribution is -0.116. The summed E-state index contributed by atoms with van der Waals surface area (Å²) in [6.45, 7) is 4.83. The Hall–Kier alpha value is -2.95. The maximum atomic E-state index is 12.4. The molecule has 10 heteroatoms. The van der Waals surface area contributed by atoms with Crippen LogP contribution in [0.5, 0.6) is 0 Å². The minimum atomic E-state index is -3.70. The van der Waals surface area contributed by atoms with Gasteiger partial charge in [-0.05, 0) is 69.4 Å². The first kappa shape index (κ1) is 23.7. The molecule has 172 valence electrons. The zero-order valence-corrected chi connectivity index (χ0v) is 19.5. The van der Waals surface area contributed by atoms with Gasteiger partial charge in [0.1, 0.15) is 0 Å². The second-order valence-corrected chi connectivity index (χ2v) is 9.71. The fraction of sp³-hybridized carbons (Fsp3) is 0.364. The van der Waals surface area contributed by atoms with Crippen molar-refractivity contribution in [3.63, 3.8) is 0 Å². The van der Waals surface area contributed by atoms with Crippen LogP contribution in [0.15, 0.2) is 50.5 Å². The van der Waals surface area contributed by atoms with Gasteiger partial charge in [0.2, 0.25) is 15.9 Å². The summed E-state index contributed by atoms with van der Waals surface area (Å²) < 4.78 is 34.1. The van der Waals surface area contributed by atoms with Crippen LogP contribution in [0.3, 0.4) is 0 Å². The lowest BCUT2D eigenvalue weighted by atomic mass is 10.1. The first-order valence-electron chi connectivity index (χ1n) is 10.2. The molecule has 9 nitrogen and oxygen atoms in total. The molecule has 0 unspecified atom stereocenters. The number of amides is 1. The van der Waals surface area contributed by atoms with Crippen molar-refractivity contribution in [2.24, 2.45) is 0 Å². The molecule has 0 aliphatic heterocycles. The minimum absolute atomic E-state index is 0.0391. The highest BCUT2D eigenvalue weighted by Crippen LogP contribution is 2.19. The molecular formula is C22H28N4O5S. The molecule has 1 heterocycles. The number of sulfonamides is 1. The molecule has 2 aromatic carbocycles. The normalized spacial score (nSPS) is 11.9. The lowest BCUT2D eigenvalue weighted by Gasteiger charge is -2.10. The van der Waals surface area contributed by atoms with Crippen molar-refractivity contribution in [2.75, 3.05) is 32.5 Å². The van der Waals surface area contributed by atoms with E-state index in [1.165, 1.54) is 4.57 Å². The fourth-order valence-electron chi connectivity index (χ4n) is 3.14. The third-order valence-corrected chi connectivity index (χ3v) is 6.61. The summed E-state index contributed by atoms with van der Waals surface area (Å²) in [5, 5.41) is 2.74. The number of nitrogens with one attached hydrogen (secondary N) is 2. The number of carbonyl (C=O) groups is 1. The van der Waals surface area contributed by atoms with Crippen LogP contribution in [0.2, 0.25) is 0 Å². The van der Waals surface area contributed by atoms with E-state index < -0.39 is 15.8 Å². The van der Waals surface area contributed by atoms with E-state index in [1.807, 2.05) is 32.8 Å². The number of anilines is 1. The Morgan fingerprint density at radius 1 is 1.09 bits per heavy atom. The van der Waals surface area contributed by atoms with Crippen LogP contribution in [0.25, 0.3) is 11.1 Å². The van der Waals surface area contributed by atoms with E-state index in [4.69, 9.17) is 4.42 Å². The predicted molar refractivity (Wildman–Crippen MR) is 123 cm³/mol. The van der Waals surface area contributed by atoms with Crippen molar-refractivity contribution in [2.45, 2.75) is 31.7 Å². The SMILES string of the molecule is Cc1ccc(S(=O)(=O)NCCC(=O)Nc2ccc3oc(=O)n(CCN(C)C)c3c2)cc1C. The average molecular weight is 461 g/mol. The summed E-state index contributed by atoms with van der Waals surface area (Å²) in [6.07, 6.45) is -0.0407. The van der Waals surface area contributed by atoms with E-state index in [1.54, 1.807) is 36.4 Å². The Balaban J connectivity index is 1.62. The van der Waals surface area contributed by atoms with Crippen molar-refractivity contribution in [3.05, 3.63) is 58.1 Å². The molecule has 0 radical (unpaired) electrons. The van der Waals surface area contributed by atoms with Gasteiger partial charge in [0.25, 0.3) is 0 Å². The van der Waals surface area contributed by atoms with Crippen LogP contribution in [0, 0.1) is 13.8 Å². The second kappa shape index (κ2) is 9.68. The molecule has 0 aliphatic rings. The number of carbonyl (C=O) groups excluding carboxylic acids is 1. The van der Waals surface area contributed by atoms with Crippen LogP contribution >= 0.6 is 0 Å². The number of likely N-dealkylation sites (N-methyl/N-ethyl adjacent to an activating group) is 1. The van der Waals surface area contributed by atoms with E-state index in [0.29, 0.717) is 29.9 Å². The van der Waals surface area contributed by atoms with Gasteiger partial charge in [-0.15, -0.1) is 0 Å². The van der Waals surface area contributed by atoms with Crippen molar-refractivity contribution >= 4 is 32.7 Å². The van der Waals surface area contributed by atoms with Crippen LogP contribution in [0.4, 0.5) is 5.69 Å². The van der Waals surface area contributed by atoms with E-state index >= 15 is 0 Å². The number of oxazole rings is 1. The molecule has 3 aromatic rings. The van der Waals surface area contributed by atoms with E-state index in [9.17, 15) is 18.0 Å². The van der Waals surface area contributed by atoms with Crippen LogP contribution in [0.1, 0.15) is 17.5 Å². The summed E-state index contributed by atoms with van der Waals surface area (Å²) in [6, 6.07) is 9.84. The fourth-order valence-corrected chi connectivity index (χ4v) is 4.26. The lowest BCUT2D eigenvalue weighted by Crippen LogP contribution is -2.28. The molecule has 2 N–H and O–H groups in total. The molecule has 32 heavy (non-hydrogen) atoms. The Morgan fingerprint density at radius 2 is 1.84 bits per heavy atom. The number of hydrogen-bond donors (Lipinski definition) is 2. The second-order valence-electron chi connectivity index (χ2n) is 7.95. The highest BCUT2D eigenvalue weighted by molar-refractivity contribution is 7.89. The third kappa shape index (κ3) is 5.64. The van der Waals surface area contributed by atoms with Gasteiger partial charge in [-0.2, -0.15) is 0 Å². The summed E-state index contributed by atoms with van der Waals surface area (Å²) in [5.74, 6) is -0.802. The Kier molecular flexibility index (Phi) is 7.17. The maximum absolute atomic E-state index is 12.4. The van der Waals surface area contributed by atoms with Crippen molar-refractivity contribution in [3.8, 4) is 0 Å². The Labute approximate surface area is 187 Å². The van der Waals surface area contributed by atoms with Gasteiger partial charge in [0.05, 0.1) is 10.4 Å². The number of hydrogen-bond acceptors (Lipinski definition) is 6. The van der Waals surface area contributed by atoms with Crippen LogP contribution in [-0.2, 0) is 21.4 Å². The minimum Gasteiger partial charge on any atom is -0.408 e. The van der Waals surface area contributed by atoms with E-state index in [2.05, 4.69) is 10.0 Å². The standard InChI is InChI=1S/C22H28N4O5S/c1-15-5-7-18(13-16(15)2)32(29,30)23-10-9-21(27)24-17-6-8-20-19(14-17)26(22(28)31-20)12-11-25(3)4/h5-8,13-14,23H,9-12H2,1-4H3,(H,24,27). The molecule has 1 aromatic heterocycles. The summed E-state index contributed by atoms with van der Waals surface area (Å²) in [7, 11) is 0.122. The highest BCUT2D eigenvalue weighted by atomic mass is 32.2. The molecule has 0 aliphatic carbocycles. The molecular weight excluding hydrogens is 432 g/mol. The first-order chi connectivity index (χ1) is 15.1. The zero-order chi connectivity index (χ0) is 23.5. The van der Waals surface area contributed by atoms with Crippen LogP contribution < -0.4 is 15.8 Å². The molecule has 0 bridgehead atoms. The number of rotatable bonds is 9. The average Bonchev–Trinajstić information content (AvgIpc) is 3.02. The maximum Gasteiger partial charge on any atom is 0.419 e. The Bertz CT molecular complexity index is 1290. The predicted octanol–water partition coefficient (Wildman–Crippen LogP) is 2.08. The third-order valence-electron chi connectivity index (χ3n) is 5.15. The largest absolute Gasteiger partial charge is 0.419 e. The first-order valence-corrected chi connectivity index (χ1v) is 11.7. The quantitative estimate of drug-likeness (QED) is 0.505. The summed E-state index contributed by atoms with van der Waals surface area (Å²) >= 11 is 0. The molecule has 0 saturated heterocycles. The zero-order valence-electron chi connectivity index (χ0n) is 18.6. The van der Waals surface area contributed by atoms with Crippen molar-refractivity contribution in [1.82, 2.24) is 14.2 Å². The number of aromatic nitrogens is 1. The summed E-state index contributed by atoms with van der Waals surface area (Å²) in [4.78, 5) is 26.6. The van der Waals surface area contributed by atoms with Gasteiger partial charge >= 0.3 is 5.76 Å². The highest BCUT2D eigenvalue weighted by Gasteiger charge is 2.15. The molecule has 1 amide bonds. The van der Waals surface area contributed by atoms with Gasteiger partial charge < -0.3 is 14.6 Å². The number of nitrogens with zero attached hydrogens (tertiary/aromatic N) is 2. The van der Waals surface area contributed by atoms with Gasteiger partial charge in [-0.25, -0.2) is 17.9 Å².